The summed E-state index contributed by atoms with van der Waals surface area (Å²) in [5.74, 6) is -2.06. The zero-order valence-electron chi connectivity index (χ0n) is 12.6. The van der Waals surface area contributed by atoms with Gasteiger partial charge in [0.05, 0.1) is 16.8 Å². The van der Waals surface area contributed by atoms with Crippen molar-refractivity contribution in [3.8, 4) is 0 Å². The number of benzene rings is 2. The molecule has 1 amide bonds. The molecule has 2 aromatic rings. The van der Waals surface area contributed by atoms with Crippen LogP contribution in [0.3, 0.4) is 0 Å². The topological polar surface area (TPSA) is 74.7 Å². The number of aromatic carboxylic acids is 1. The molecular weight excluding hydrogens is 330 g/mol. The molecule has 0 aliphatic carbocycles. The van der Waals surface area contributed by atoms with Crippen LogP contribution < -0.4 is 4.90 Å². The number of amides is 1. The lowest BCUT2D eigenvalue weighted by atomic mass is 9.92. The van der Waals surface area contributed by atoms with Crippen molar-refractivity contribution in [1.29, 1.82) is 0 Å². The van der Waals surface area contributed by atoms with Crippen molar-refractivity contribution >= 4 is 41.0 Å². The Balaban J connectivity index is 2.12. The van der Waals surface area contributed by atoms with E-state index in [0.29, 0.717) is 16.3 Å². The van der Waals surface area contributed by atoms with Crippen LogP contribution in [-0.2, 0) is 4.79 Å². The number of fused-ring (bicyclic) bond motifs is 1. The van der Waals surface area contributed by atoms with Gasteiger partial charge in [-0.2, -0.15) is 0 Å². The maximum Gasteiger partial charge on any atom is 0.335 e. The number of rotatable bonds is 2. The minimum atomic E-state index is -1.13. The van der Waals surface area contributed by atoms with Gasteiger partial charge in [0.25, 0.3) is 5.91 Å². The van der Waals surface area contributed by atoms with Gasteiger partial charge in [-0.15, -0.1) is 0 Å². The fourth-order valence-electron chi connectivity index (χ4n) is 2.53. The number of ketones is 1. The Morgan fingerprint density at radius 2 is 1.79 bits per heavy atom. The van der Waals surface area contributed by atoms with Gasteiger partial charge in [0.1, 0.15) is 0 Å². The van der Waals surface area contributed by atoms with Gasteiger partial charge in [-0.1, -0.05) is 23.7 Å². The van der Waals surface area contributed by atoms with Crippen molar-refractivity contribution in [2.24, 2.45) is 0 Å². The molecule has 3 rings (SSSR count). The van der Waals surface area contributed by atoms with Gasteiger partial charge in [0.2, 0.25) is 5.78 Å². The van der Waals surface area contributed by atoms with E-state index in [0.717, 1.165) is 0 Å². The molecule has 0 fully saturated rings. The molecule has 0 spiro atoms. The first-order valence-electron chi connectivity index (χ1n) is 7.06. The fraction of sp³-hybridized carbons (Fsp3) is 0.0556. The maximum absolute atomic E-state index is 12.7. The van der Waals surface area contributed by atoms with Crippen LogP contribution in [-0.4, -0.2) is 29.8 Å². The average molecular weight is 342 g/mol. The second-order valence-corrected chi connectivity index (χ2v) is 5.78. The van der Waals surface area contributed by atoms with E-state index in [4.69, 9.17) is 16.7 Å². The number of carboxylic acids is 1. The van der Waals surface area contributed by atoms with E-state index in [-0.39, 0.29) is 16.7 Å². The van der Waals surface area contributed by atoms with Gasteiger partial charge in [-0.25, -0.2) is 4.79 Å². The third-order valence-electron chi connectivity index (χ3n) is 3.81. The largest absolute Gasteiger partial charge is 0.478 e. The zero-order valence-corrected chi connectivity index (χ0v) is 13.4. The molecule has 1 aliphatic rings. The molecule has 1 N–H and O–H groups in total. The van der Waals surface area contributed by atoms with Crippen LogP contribution in [0.4, 0.5) is 5.69 Å². The van der Waals surface area contributed by atoms with Gasteiger partial charge in [0, 0.05) is 17.6 Å². The number of carbonyl (C=O) groups excluding carboxylic acids is 2. The van der Waals surface area contributed by atoms with Gasteiger partial charge in [0.15, 0.2) is 0 Å². The van der Waals surface area contributed by atoms with Crippen LogP contribution in [0.5, 0.6) is 0 Å². The monoisotopic (exact) mass is 341 g/mol. The smallest absolute Gasteiger partial charge is 0.335 e. The van der Waals surface area contributed by atoms with E-state index in [2.05, 4.69) is 0 Å². The summed E-state index contributed by atoms with van der Waals surface area (Å²) in [4.78, 5) is 37.6. The van der Waals surface area contributed by atoms with Gasteiger partial charge < -0.3 is 10.0 Å². The maximum atomic E-state index is 12.7. The highest BCUT2D eigenvalue weighted by Crippen LogP contribution is 2.31. The summed E-state index contributed by atoms with van der Waals surface area (Å²) in [6.45, 7) is 0. The number of likely N-dealkylation sites (N-methyl/N-ethyl adjacent to an activating group) is 1. The summed E-state index contributed by atoms with van der Waals surface area (Å²) >= 11 is 5.83. The van der Waals surface area contributed by atoms with Crippen molar-refractivity contribution in [3.05, 3.63) is 69.8 Å². The molecule has 0 bridgehead atoms. The Labute approximate surface area is 142 Å². The third-order valence-corrected chi connectivity index (χ3v) is 4.06. The van der Waals surface area contributed by atoms with E-state index in [1.165, 1.54) is 29.2 Å². The molecule has 0 atom stereocenters. The average Bonchev–Trinajstić information content (AvgIpc) is 2.58. The van der Waals surface area contributed by atoms with Crippen LogP contribution >= 0.6 is 11.6 Å². The molecule has 6 heteroatoms. The molecule has 0 radical (unpaired) electrons. The second kappa shape index (κ2) is 5.94. The summed E-state index contributed by atoms with van der Waals surface area (Å²) < 4.78 is 0. The van der Waals surface area contributed by atoms with Crippen molar-refractivity contribution in [2.75, 3.05) is 11.9 Å². The Morgan fingerprint density at radius 1 is 1.12 bits per heavy atom. The van der Waals surface area contributed by atoms with E-state index in [1.54, 1.807) is 31.3 Å². The van der Waals surface area contributed by atoms with Crippen LogP contribution in [0.2, 0.25) is 5.02 Å². The van der Waals surface area contributed by atoms with Crippen LogP contribution in [0.1, 0.15) is 26.3 Å². The summed E-state index contributed by atoms with van der Waals surface area (Å²) in [5, 5.41) is 9.65. The third kappa shape index (κ3) is 2.70. The zero-order chi connectivity index (χ0) is 17.4. The summed E-state index contributed by atoms with van der Waals surface area (Å²) in [7, 11) is 1.55. The fourth-order valence-corrected chi connectivity index (χ4v) is 2.65. The predicted molar refractivity (Wildman–Crippen MR) is 90.6 cm³/mol. The number of halogens is 1. The molecule has 0 saturated heterocycles. The number of anilines is 1. The highest BCUT2D eigenvalue weighted by molar-refractivity contribution is 6.36. The number of carbonyl (C=O) groups is 3. The molecule has 24 heavy (non-hydrogen) atoms. The molecule has 0 unspecified atom stereocenters. The number of hydrogen-bond acceptors (Lipinski definition) is 3. The van der Waals surface area contributed by atoms with Gasteiger partial charge in [-0.3, -0.25) is 9.59 Å². The molecule has 1 aliphatic heterocycles. The highest BCUT2D eigenvalue weighted by Gasteiger charge is 2.33. The Kier molecular flexibility index (Phi) is 3.95. The lowest BCUT2D eigenvalue weighted by Gasteiger charge is -2.26. The first-order valence-corrected chi connectivity index (χ1v) is 7.43. The molecular formula is C18H12ClNO4. The van der Waals surface area contributed by atoms with Gasteiger partial charge in [-0.05, 0) is 42.0 Å². The first-order chi connectivity index (χ1) is 11.4. The summed E-state index contributed by atoms with van der Waals surface area (Å²) in [5.41, 5.74) is 1.22. The lowest BCUT2D eigenvalue weighted by Crippen LogP contribution is -2.36. The molecule has 0 aromatic heterocycles. The second-order valence-electron chi connectivity index (χ2n) is 5.34. The number of Topliss-reactive ketones (excluding diaryl/α,β-unsaturated/α-hetero) is 1. The Hall–Kier alpha value is -2.92. The normalized spacial score (nSPS) is 15.6. The minimum absolute atomic E-state index is 0.00399. The van der Waals surface area contributed by atoms with Crippen LogP contribution in [0.15, 0.2) is 48.0 Å². The number of nitrogens with zero attached hydrogens (tertiary/aromatic N) is 1. The summed E-state index contributed by atoms with van der Waals surface area (Å²) in [6, 6.07) is 10.8. The molecule has 120 valence electrons. The molecule has 0 saturated carbocycles. The van der Waals surface area contributed by atoms with Crippen LogP contribution in [0, 0.1) is 0 Å². The number of carboxylic acid groups (broad SMARTS) is 1. The SMILES string of the molecule is CN1C(=O)/C(=C\c2ccc(Cl)cc2)C(=O)c2cc(C(=O)O)ccc21. The molecule has 2 aromatic carbocycles. The van der Waals surface area contributed by atoms with Crippen molar-refractivity contribution in [3.63, 3.8) is 0 Å². The standard InChI is InChI=1S/C18H12ClNO4/c1-20-15-7-4-11(18(23)24)9-13(15)16(21)14(17(20)22)8-10-2-5-12(19)6-3-10/h2-9H,1H3,(H,23,24)/b14-8-. The lowest BCUT2D eigenvalue weighted by molar-refractivity contribution is -0.114. The predicted octanol–water partition coefficient (Wildman–Crippen LogP) is 3.28. The van der Waals surface area contributed by atoms with Crippen molar-refractivity contribution < 1.29 is 19.5 Å². The first kappa shape index (κ1) is 16.0. The summed E-state index contributed by atoms with van der Waals surface area (Å²) in [6.07, 6.45) is 1.48. The van der Waals surface area contributed by atoms with Crippen LogP contribution in [0.25, 0.3) is 6.08 Å². The quantitative estimate of drug-likeness (QED) is 0.672. The van der Waals surface area contributed by atoms with Gasteiger partial charge >= 0.3 is 5.97 Å². The molecule has 5 nitrogen and oxygen atoms in total. The van der Waals surface area contributed by atoms with E-state index in [1.807, 2.05) is 0 Å². The van der Waals surface area contributed by atoms with E-state index < -0.39 is 17.7 Å². The highest BCUT2D eigenvalue weighted by atomic mass is 35.5. The minimum Gasteiger partial charge on any atom is -0.478 e. The van der Waals surface area contributed by atoms with Crippen molar-refractivity contribution in [1.82, 2.24) is 0 Å². The molecule has 1 heterocycles. The Bertz CT molecular complexity index is 900. The van der Waals surface area contributed by atoms with E-state index in [9.17, 15) is 14.4 Å². The Morgan fingerprint density at radius 3 is 2.42 bits per heavy atom. The van der Waals surface area contributed by atoms with Crippen molar-refractivity contribution in [2.45, 2.75) is 0 Å². The number of hydrogen-bond donors (Lipinski definition) is 1. The van der Waals surface area contributed by atoms with E-state index >= 15 is 0 Å².